The fraction of sp³-hybridized carbons (Fsp3) is 0.500. The first-order chi connectivity index (χ1) is 10.3. The van der Waals surface area contributed by atoms with Crippen molar-refractivity contribution in [3.05, 3.63) is 35.9 Å². The van der Waals surface area contributed by atoms with Crippen molar-refractivity contribution < 1.29 is 9.84 Å². The Labute approximate surface area is 126 Å². The van der Waals surface area contributed by atoms with Gasteiger partial charge in [0.2, 0.25) is 5.88 Å². The molecule has 1 aromatic heterocycles. The minimum absolute atomic E-state index is 0.0155. The zero-order valence-corrected chi connectivity index (χ0v) is 12.6. The van der Waals surface area contributed by atoms with Gasteiger partial charge in [-0.2, -0.15) is 0 Å². The zero-order valence-electron chi connectivity index (χ0n) is 12.6. The first-order valence-electron chi connectivity index (χ1n) is 7.96. The fourth-order valence-electron chi connectivity index (χ4n) is 3.30. The van der Waals surface area contributed by atoms with Gasteiger partial charge < -0.3 is 9.84 Å². The summed E-state index contributed by atoms with van der Waals surface area (Å²) in [5.74, 6) is 1.43. The molecule has 2 unspecified atom stereocenters. The number of hydrogen-bond donors (Lipinski definition) is 1. The summed E-state index contributed by atoms with van der Waals surface area (Å²) < 4.78 is 6.12. The molecule has 21 heavy (non-hydrogen) atoms. The summed E-state index contributed by atoms with van der Waals surface area (Å²) in [5.41, 5.74) is 1.78. The highest BCUT2D eigenvalue weighted by Gasteiger charge is 2.22. The molecular weight excluding hydrogens is 262 g/mol. The second-order valence-electron chi connectivity index (χ2n) is 5.98. The number of para-hydroxylation sites is 1. The molecule has 2 aromatic rings. The average Bonchev–Trinajstić information content (AvgIpc) is 2.54. The Balaban J connectivity index is 1.83. The van der Waals surface area contributed by atoms with Crippen LogP contribution in [0.15, 0.2) is 30.3 Å². The van der Waals surface area contributed by atoms with Crippen molar-refractivity contribution in [3.63, 3.8) is 0 Å². The third kappa shape index (κ3) is 3.18. The number of aromatic nitrogens is 1. The SMILES string of the molecule is CCC1CCCC(Oc2cc(CO)c3ccccc3n2)C1. The molecule has 1 aliphatic carbocycles. The second-order valence-corrected chi connectivity index (χ2v) is 5.98. The standard InChI is InChI=1S/C18H23NO2/c1-2-13-6-5-7-15(10-13)21-18-11-14(12-20)16-8-3-4-9-17(16)19-18/h3-4,8-9,11,13,15,20H,2,5-7,10,12H2,1H3. The van der Waals surface area contributed by atoms with Crippen LogP contribution in [0.3, 0.4) is 0 Å². The first-order valence-corrected chi connectivity index (χ1v) is 7.96. The van der Waals surface area contributed by atoms with Crippen LogP contribution in [0.1, 0.15) is 44.6 Å². The number of nitrogens with zero attached hydrogens (tertiary/aromatic N) is 1. The maximum absolute atomic E-state index is 9.56. The third-order valence-corrected chi connectivity index (χ3v) is 4.55. The summed E-state index contributed by atoms with van der Waals surface area (Å²) in [6.07, 6.45) is 6.29. The average molecular weight is 285 g/mol. The molecular formula is C18H23NO2. The van der Waals surface area contributed by atoms with E-state index < -0.39 is 0 Å². The van der Waals surface area contributed by atoms with E-state index in [0.717, 1.165) is 35.2 Å². The molecule has 2 atom stereocenters. The highest BCUT2D eigenvalue weighted by Crippen LogP contribution is 2.30. The van der Waals surface area contributed by atoms with E-state index in [1.807, 2.05) is 30.3 Å². The van der Waals surface area contributed by atoms with Gasteiger partial charge in [-0.25, -0.2) is 4.98 Å². The van der Waals surface area contributed by atoms with Crippen molar-refractivity contribution in [2.75, 3.05) is 0 Å². The minimum Gasteiger partial charge on any atom is -0.474 e. The van der Waals surface area contributed by atoms with Crippen LogP contribution in [-0.2, 0) is 6.61 Å². The molecule has 1 saturated carbocycles. The monoisotopic (exact) mass is 285 g/mol. The summed E-state index contributed by atoms with van der Waals surface area (Å²) in [7, 11) is 0. The fourth-order valence-corrected chi connectivity index (χ4v) is 3.30. The molecule has 3 rings (SSSR count). The van der Waals surface area contributed by atoms with Gasteiger partial charge in [0.25, 0.3) is 0 Å². The van der Waals surface area contributed by atoms with Crippen LogP contribution in [0.5, 0.6) is 5.88 Å². The van der Waals surface area contributed by atoms with Crippen LogP contribution < -0.4 is 4.74 Å². The van der Waals surface area contributed by atoms with E-state index in [1.54, 1.807) is 0 Å². The molecule has 3 heteroatoms. The number of benzene rings is 1. The molecule has 3 nitrogen and oxygen atoms in total. The van der Waals surface area contributed by atoms with Crippen LogP contribution in [0.25, 0.3) is 10.9 Å². The lowest BCUT2D eigenvalue weighted by atomic mass is 9.85. The summed E-state index contributed by atoms with van der Waals surface area (Å²) in [4.78, 5) is 4.60. The van der Waals surface area contributed by atoms with Crippen molar-refractivity contribution in [1.82, 2.24) is 4.98 Å². The summed E-state index contributed by atoms with van der Waals surface area (Å²) >= 11 is 0. The molecule has 1 heterocycles. The Kier molecular flexibility index (Phi) is 4.39. The minimum atomic E-state index is 0.0155. The predicted molar refractivity (Wildman–Crippen MR) is 84.3 cm³/mol. The largest absolute Gasteiger partial charge is 0.474 e. The quantitative estimate of drug-likeness (QED) is 0.920. The number of aliphatic hydroxyl groups is 1. The number of hydrogen-bond acceptors (Lipinski definition) is 3. The smallest absolute Gasteiger partial charge is 0.214 e. The van der Waals surface area contributed by atoms with E-state index in [9.17, 15) is 5.11 Å². The molecule has 0 spiro atoms. The maximum Gasteiger partial charge on any atom is 0.214 e. The van der Waals surface area contributed by atoms with Gasteiger partial charge in [-0.05, 0) is 36.8 Å². The topological polar surface area (TPSA) is 42.4 Å². The van der Waals surface area contributed by atoms with E-state index in [-0.39, 0.29) is 12.7 Å². The van der Waals surface area contributed by atoms with Gasteiger partial charge in [0.1, 0.15) is 6.10 Å². The highest BCUT2D eigenvalue weighted by atomic mass is 16.5. The molecule has 0 bridgehead atoms. The molecule has 1 fully saturated rings. The normalized spacial score (nSPS) is 22.4. The summed E-state index contributed by atoms with van der Waals surface area (Å²) in [6.45, 7) is 2.27. The Bertz CT molecular complexity index is 611. The van der Waals surface area contributed by atoms with Crippen LogP contribution >= 0.6 is 0 Å². The molecule has 1 aromatic carbocycles. The van der Waals surface area contributed by atoms with E-state index in [0.29, 0.717) is 5.88 Å². The zero-order chi connectivity index (χ0) is 14.7. The van der Waals surface area contributed by atoms with Crippen molar-refractivity contribution in [2.45, 2.75) is 51.7 Å². The highest BCUT2D eigenvalue weighted by molar-refractivity contribution is 5.82. The van der Waals surface area contributed by atoms with Gasteiger partial charge in [0.05, 0.1) is 12.1 Å². The maximum atomic E-state index is 9.56. The van der Waals surface area contributed by atoms with Gasteiger partial charge in [-0.3, -0.25) is 0 Å². The summed E-state index contributed by atoms with van der Waals surface area (Å²) in [5, 5.41) is 10.6. The first kappa shape index (κ1) is 14.3. The second kappa shape index (κ2) is 6.44. The number of fused-ring (bicyclic) bond motifs is 1. The van der Waals surface area contributed by atoms with Gasteiger partial charge >= 0.3 is 0 Å². The van der Waals surface area contributed by atoms with Crippen LogP contribution in [0, 0.1) is 5.92 Å². The van der Waals surface area contributed by atoms with Gasteiger partial charge in [-0.15, -0.1) is 0 Å². The number of rotatable bonds is 4. The third-order valence-electron chi connectivity index (χ3n) is 4.55. The lowest BCUT2D eigenvalue weighted by molar-refractivity contribution is 0.117. The van der Waals surface area contributed by atoms with E-state index in [4.69, 9.17) is 4.74 Å². The van der Waals surface area contributed by atoms with Crippen molar-refractivity contribution in [1.29, 1.82) is 0 Å². The van der Waals surface area contributed by atoms with Crippen LogP contribution in [0.4, 0.5) is 0 Å². The molecule has 1 aliphatic rings. The Morgan fingerprint density at radius 1 is 1.29 bits per heavy atom. The molecule has 0 aliphatic heterocycles. The predicted octanol–water partition coefficient (Wildman–Crippen LogP) is 4.07. The Morgan fingerprint density at radius 2 is 2.14 bits per heavy atom. The molecule has 1 N–H and O–H groups in total. The van der Waals surface area contributed by atoms with Crippen LogP contribution in [0.2, 0.25) is 0 Å². The number of ether oxygens (including phenoxy) is 1. The molecule has 0 amide bonds. The summed E-state index contributed by atoms with van der Waals surface area (Å²) in [6, 6.07) is 9.78. The van der Waals surface area contributed by atoms with Gasteiger partial charge in [0.15, 0.2) is 0 Å². The lowest BCUT2D eigenvalue weighted by Gasteiger charge is -2.28. The van der Waals surface area contributed by atoms with Gasteiger partial charge in [-0.1, -0.05) is 38.0 Å². The van der Waals surface area contributed by atoms with E-state index in [1.165, 1.54) is 19.3 Å². The van der Waals surface area contributed by atoms with Crippen molar-refractivity contribution >= 4 is 10.9 Å². The van der Waals surface area contributed by atoms with Crippen molar-refractivity contribution in [3.8, 4) is 5.88 Å². The molecule has 112 valence electrons. The number of pyridine rings is 1. The Hall–Kier alpha value is -1.61. The van der Waals surface area contributed by atoms with E-state index in [2.05, 4.69) is 11.9 Å². The van der Waals surface area contributed by atoms with Crippen LogP contribution in [-0.4, -0.2) is 16.2 Å². The number of aliphatic hydroxyl groups excluding tert-OH is 1. The molecule has 0 saturated heterocycles. The Morgan fingerprint density at radius 3 is 2.95 bits per heavy atom. The molecule has 0 radical (unpaired) electrons. The lowest BCUT2D eigenvalue weighted by Crippen LogP contribution is -2.25. The van der Waals surface area contributed by atoms with Crippen molar-refractivity contribution in [2.24, 2.45) is 5.92 Å². The van der Waals surface area contributed by atoms with Gasteiger partial charge in [0, 0.05) is 11.5 Å². The van der Waals surface area contributed by atoms with E-state index >= 15 is 0 Å².